The summed E-state index contributed by atoms with van der Waals surface area (Å²) in [5.41, 5.74) is 8.15. The molecule has 3 aromatic heterocycles. The van der Waals surface area contributed by atoms with Crippen molar-refractivity contribution in [2.45, 2.75) is 13.1 Å². The van der Waals surface area contributed by atoms with E-state index in [0.717, 1.165) is 11.1 Å². The summed E-state index contributed by atoms with van der Waals surface area (Å²) >= 11 is 0. The molecule has 0 unspecified atom stereocenters. The molecule has 0 aliphatic rings. The number of benzene rings is 1. The van der Waals surface area contributed by atoms with Crippen molar-refractivity contribution < 1.29 is 4.39 Å². The second-order valence-corrected chi connectivity index (χ2v) is 5.98. The fourth-order valence-corrected chi connectivity index (χ4v) is 2.73. The summed E-state index contributed by atoms with van der Waals surface area (Å²) in [4.78, 5) is 27.6. The van der Waals surface area contributed by atoms with E-state index in [1.165, 1.54) is 16.7 Å². The van der Waals surface area contributed by atoms with E-state index in [4.69, 9.17) is 5.73 Å². The summed E-state index contributed by atoms with van der Waals surface area (Å²) < 4.78 is 14.5. The summed E-state index contributed by atoms with van der Waals surface area (Å²) in [5.74, 6) is 0.148. The zero-order valence-electron chi connectivity index (χ0n) is 14.2. The number of rotatable bonds is 5. The van der Waals surface area contributed by atoms with Gasteiger partial charge in [0.15, 0.2) is 11.5 Å². The van der Waals surface area contributed by atoms with Crippen molar-refractivity contribution >= 4 is 22.9 Å². The number of fused-ring (bicyclic) bond motifs is 1. The van der Waals surface area contributed by atoms with Crippen molar-refractivity contribution in [3.05, 3.63) is 76.2 Å². The van der Waals surface area contributed by atoms with Crippen LogP contribution in [0.4, 0.5) is 16.2 Å². The molecule has 27 heavy (non-hydrogen) atoms. The highest BCUT2D eigenvalue weighted by molar-refractivity contribution is 5.82. The summed E-state index contributed by atoms with van der Waals surface area (Å²) in [7, 11) is 0. The van der Waals surface area contributed by atoms with E-state index in [2.05, 4.69) is 25.3 Å². The number of aromatic amines is 1. The van der Waals surface area contributed by atoms with Gasteiger partial charge >= 0.3 is 5.69 Å². The average Bonchev–Trinajstić information content (AvgIpc) is 2.99. The number of imidazole rings is 1. The van der Waals surface area contributed by atoms with Crippen LogP contribution in [0.15, 0.2) is 53.6 Å². The fraction of sp³-hybridized carbons (Fsp3) is 0.111. The molecule has 4 aromatic rings. The highest BCUT2D eigenvalue weighted by atomic mass is 19.1. The Morgan fingerprint density at radius 3 is 2.56 bits per heavy atom. The molecular weight excluding hydrogens is 349 g/mol. The Morgan fingerprint density at radius 1 is 1.07 bits per heavy atom. The normalized spacial score (nSPS) is 11.0. The van der Waals surface area contributed by atoms with Gasteiger partial charge in [-0.25, -0.2) is 9.18 Å². The van der Waals surface area contributed by atoms with Gasteiger partial charge in [-0.15, -0.1) is 0 Å². The number of pyridine rings is 1. The molecule has 136 valence electrons. The van der Waals surface area contributed by atoms with Gasteiger partial charge < -0.3 is 16.0 Å². The topological polar surface area (TPSA) is 115 Å². The first-order chi connectivity index (χ1) is 13.1. The van der Waals surface area contributed by atoms with Gasteiger partial charge in [-0.1, -0.05) is 12.1 Å². The molecule has 4 rings (SSSR count). The maximum atomic E-state index is 13.1. The lowest BCUT2D eigenvalue weighted by atomic mass is 10.2. The maximum absolute atomic E-state index is 13.1. The minimum atomic E-state index is -0.360. The SMILES string of the molecule is Nc1nc(NCc2ccncc2)nc2c1[nH]c(=O)n2Cc1ccc(F)cc1. The second kappa shape index (κ2) is 6.87. The number of nitrogens with two attached hydrogens (primary N) is 1. The Labute approximate surface area is 152 Å². The van der Waals surface area contributed by atoms with Crippen LogP contribution in [0, 0.1) is 5.82 Å². The number of halogens is 1. The highest BCUT2D eigenvalue weighted by Crippen LogP contribution is 2.18. The van der Waals surface area contributed by atoms with Crippen LogP contribution < -0.4 is 16.7 Å². The van der Waals surface area contributed by atoms with E-state index < -0.39 is 0 Å². The van der Waals surface area contributed by atoms with Crippen molar-refractivity contribution in [2.75, 3.05) is 11.1 Å². The van der Waals surface area contributed by atoms with Gasteiger partial charge in [0.1, 0.15) is 11.3 Å². The van der Waals surface area contributed by atoms with Crippen LogP contribution in [0.3, 0.4) is 0 Å². The number of hydrogen-bond donors (Lipinski definition) is 3. The molecule has 0 bridgehead atoms. The maximum Gasteiger partial charge on any atom is 0.328 e. The third-order valence-corrected chi connectivity index (χ3v) is 4.10. The molecule has 0 saturated heterocycles. The Morgan fingerprint density at radius 2 is 1.81 bits per heavy atom. The Balaban J connectivity index is 1.67. The summed E-state index contributed by atoms with van der Waals surface area (Å²) in [6.07, 6.45) is 3.39. The molecule has 0 spiro atoms. The van der Waals surface area contributed by atoms with Gasteiger partial charge in [-0.3, -0.25) is 9.55 Å². The van der Waals surface area contributed by atoms with Gasteiger partial charge in [0.2, 0.25) is 5.95 Å². The first-order valence-electron chi connectivity index (χ1n) is 8.23. The van der Waals surface area contributed by atoms with E-state index >= 15 is 0 Å². The number of hydrogen-bond acceptors (Lipinski definition) is 6. The van der Waals surface area contributed by atoms with Crippen LogP contribution in [-0.4, -0.2) is 24.5 Å². The lowest BCUT2D eigenvalue weighted by molar-refractivity contribution is 0.626. The monoisotopic (exact) mass is 365 g/mol. The van der Waals surface area contributed by atoms with Crippen molar-refractivity contribution in [3.8, 4) is 0 Å². The molecule has 0 fully saturated rings. The van der Waals surface area contributed by atoms with Gasteiger partial charge in [0, 0.05) is 18.9 Å². The molecule has 0 atom stereocenters. The molecule has 3 heterocycles. The van der Waals surface area contributed by atoms with Crippen LogP contribution in [0.2, 0.25) is 0 Å². The predicted octanol–water partition coefficient (Wildman–Crippen LogP) is 1.90. The molecular formula is C18H16FN7O. The van der Waals surface area contributed by atoms with Crippen LogP contribution >= 0.6 is 0 Å². The first-order valence-corrected chi connectivity index (χ1v) is 8.23. The summed E-state index contributed by atoms with van der Waals surface area (Å²) in [6.45, 7) is 0.722. The number of anilines is 2. The molecule has 9 heteroatoms. The smallest absolute Gasteiger partial charge is 0.328 e. The van der Waals surface area contributed by atoms with Crippen LogP contribution in [0.5, 0.6) is 0 Å². The summed E-state index contributed by atoms with van der Waals surface area (Å²) in [6, 6.07) is 9.67. The van der Waals surface area contributed by atoms with Crippen molar-refractivity contribution in [3.63, 3.8) is 0 Å². The zero-order chi connectivity index (χ0) is 18.8. The van der Waals surface area contributed by atoms with Gasteiger partial charge in [-0.05, 0) is 35.4 Å². The average molecular weight is 365 g/mol. The number of H-pyrrole nitrogens is 1. The summed E-state index contributed by atoms with van der Waals surface area (Å²) in [5, 5.41) is 3.09. The first kappa shape index (κ1) is 16.7. The van der Waals surface area contributed by atoms with Crippen molar-refractivity contribution in [2.24, 2.45) is 0 Å². The van der Waals surface area contributed by atoms with Gasteiger partial charge in [0.05, 0.1) is 6.54 Å². The molecule has 0 aliphatic carbocycles. The highest BCUT2D eigenvalue weighted by Gasteiger charge is 2.14. The van der Waals surface area contributed by atoms with Gasteiger partial charge in [-0.2, -0.15) is 9.97 Å². The second-order valence-electron chi connectivity index (χ2n) is 5.98. The third-order valence-electron chi connectivity index (χ3n) is 4.10. The number of aromatic nitrogens is 5. The fourth-order valence-electron chi connectivity index (χ4n) is 2.73. The minimum absolute atomic E-state index is 0.173. The quantitative estimate of drug-likeness (QED) is 0.498. The largest absolute Gasteiger partial charge is 0.382 e. The Kier molecular flexibility index (Phi) is 4.25. The predicted molar refractivity (Wildman–Crippen MR) is 99.6 cm³/mol. The van der Waals surface area contributed by atoms with Crippen molar-refractivity contribution in [1.29, 1.82) is 0 Å². The molecule has 0 radical (unpaired) electrons. The molecule has 0 aliphatic heterocycles. The molecule has 8 nitrogen and oxygen atoms in total. The molecule has 1 aromatic carbocycles. The number of nitrogens with one attached hydrogen (secondary N) is 2. The van der Waals surface area contributed by atoms with Gasteiger partial charge in [0.25, 0.3) is 0 Å². The van der Waals surface area contributed by atoms with Crippen LogP contribution in [0.1, 0.15) is 11.1 Å². The molecule has 4 N–H and O–H groups in total. The van der Waals surface area contributed by atoms with E-state index in [1.807, 2.05) is 12.1 Å². The molecule has 0 saturated carbocycles. The lowest BCUT2D eigenvalue weighted by Crippen LogP contribution is -2.18. The van der Waals surface area contributed by atoms with E-state index in [9.17, 15) is 9.18 Å². The third kappa shape index (κ3) is 3.47. The Hall–Kier alpha value is -3.75. The molecule has 0 amide bonds. The van der Waals surface area contributed by atoms with E-state index in [-0.39, 0.29) is 23.9 Å². The minimum Gasteiger partial charge on any atom is -0.382 e. The van der Waals surface area contributed by atoms with E-state index in [1.54, 1.807) is 24.5 Å². The van der Waals surface area contributed by atoms with Crippen LogP contribution in [0.25, 0.3) is 11.2 Å². The lowest BCUT2D eigenvalue weighted by Gasteiger charge is -2.08. The van der Waals surface area contributed by atoms with E-state index in [0.29, 0.717) is 23.7 Å². The van der Waals surface area contributed by atoms with Crippen LogP contribution in [-0.2, 0) is 13.1 Å². The van der Waals surface area contributed by atoms with Crippen molar-refractivity contribution in [1.82, 2.24) is 24.5 Å². The number of nitrogen functional groups attached to an aromatic ring is 1. The standard InChI is InChI=1S/C18H16FN7O/c19-13-3-1-12(2-4-13)10-26-16-14(23-18(26)27)15(20)24-17(25-16)22-9-11-5-7-21-8-6-11/h1-8H,9-10H2,(H,23,27)(H3,20,22,24,25). The Bertz CT molecular complexity index is 1140. The zero-order valence-corrected chi connectivity index (χ0v) is 14.2. The number of nitrogens with zero attached hydrogens (tertiary/aromatic N) is 4.